The van der Waals surface area contributed by atoms with E-state index in [1.165, 1.54) is 30.8 Å². The highest BCUT2D eigenvalue weighted by atomic mass is 19.2. The predicted octanol–water partition coefficient (Wildman–Crippen LogP) is 4.96. The summed E-state index contributed by atoms with van der Waals surface area (Å²) in [5.74, 6) is -1.84. The van der Waals surface area contributed by atoms with Crippen LogP contribution in [-0.2, 0) is 0 Å². The number of amides is 1. The van der Waals surface area contributed by atoms with Crippen molar-refractivity contribution in [2.24, 2.45) is 0 Å². The van der Waals surface area contributed by atoms with Gasteiger partial charge in [0.2, 0.25) is 0 Å². The first-order valence-corrected chi connectivity index (χ1v) is 9.43. The number of hydrogen-bond donors (Lipinski definition) is 2. The Morgan fingerprint density at radius 2 is 1.62 bits per heavy atom. The van der Waals surface area contributed by atoms with Crippen LogP contribution in [0.3, 0.4) is 0 Å². The standard InChI is InChI=1S/C22H20F2N4O/c23-19-9-6-17(13-20(19)24)27-22(29)15-3-10-21(25-14-15)26-16-4-7-18(8-5-16)28-11-1-2-12-28/h3-10,13-14H,1-2,11-12H2,(H,25,26)(H,27,29). The van der Waals surface area contributed by atoms with Crippen molar-refractivity contribution in [1.82, 2.24) is 4.98 Å². The summed E-state index contributed by atoms with van der Waals surface area (Å²) in [6.45, 7) is 2.20. The molecule has 1 aromatic heterocycles. The van der Waals surface area contributed by atoms with Crippen LogP contribution in [0.25, 0.3) is 0 Å². The maximum absolute atomic E-state index is 13.3. The van der Waals surface area contributed by atoms with Gasteiger partial charge in [0.05, 0.1) is 5.56 Å². The molecule has 0 radical (unpaired) electrons. The molecule has 2 heterocycles. The van der Waals surface area contributed by atoms with Crippen LogP contribution in [0.1, 0.15) is 23.2 Å². The van der Waals surface area contributed by atoms with Gasteiger partial charge in [-0.15, -0.1) is 0 Å². The Morgan fingerprint density at radius 3 is 2.28 bits per heavy atom. The molecule has 2 aromatic carbocycles. The molecule has 1 fully saturated rings. The van der Waals surface area contributed by atoms with E-state index < -0.39 is 17.5 Å². The Kier molecular flexibility index (Phi) is 5.37. The van der Waals surface area contributed by atoms with Gasteiger partial charge in [0.25, 0.3) is 5.91 Å². The Morgan fingerprint density at radius 1 is 0.897 bits per heavy atom. The number of benzene rings is 2. The van der Waals surface area contributed by atoms with E-state index in [0.717, 1.165) is 30.9 Å². The van der Waals surface area contributed by atoms with Gasteiger partial charge in [-0.3, -0.25) is 4.79 Å². The lowest BCUT2D eigenvalue weighted by Gasteiger charge is -2.17. The molecule has 1 amide bonds. The molecule has 0 saturated carbocycles. The smallest absolute Gasteiger partial charge is 0.257 e. The fraction of sp³-hybridized carbons (Fsp3) is 0.182. The van der Waals surface area contributed by atoms with Crippen LogP contribution in [-0.4, -0.2) is 24.0 Å². The monoisotopic (exact) mass is 394 g/mol. The van der Waals surface area contributed by atoms with Gasteiger partial charge in [-0.1, -0.05) is 0 Å². The van der Waals surface area contributed by atoms with E-state index in [0.29, 0.717) is 11.4 Å². The van der Waals surface area contributed by atoms with Crippen LogP contribution < -0.4 is 15.5 Å². The molecule has 5 nitrogen and oxygen atoms in total. The third-order valence-corrected chi connectivity index (χ3v) is 4.81. The topological polar surface area (TPSA) is 57.3 Å². The number of nitrogens with zero attached hydrogens (tertiary/aromatic N) is 2. The average molecular weight is 394 g/mol. The summed E-state index contributed by atoms with van der Waals surface area (Å²) in [4.78, 5) is 18.9. The highest BCUT2D eigenvalue weighted by Crippen LogP contribution is 2.23. The Hall–Kier alpha value is -3.48. The summed E-state index contributed by atoms with van der Waals surface area (Å²) in [5, 5.41) is 5.72. The molecule has 1 aliphatic heterocycles. The lowest BCUT2D eigenvalue weighted by Crippen LogP contribution is -2.17. The van der Waals surface area contributed by atoms with Crippen molar-refractivity contribution in [2.45, 2.75) is 12.8 Å². The van der Waals surface area contributed by atoms with Crippen LogP contribution in [0.2, 0.25) is 0 Å². The molecule has 1 aliphatic rings. The summed E-state index contributed by atoms with van der Waals surface area (Å²) in [6.07, 6.45) is 3.90. The molecule has 4 rings (SSSR count). The molecule has 29 heavy (non-hydrogen) atoms. The lowest BCUT2D eigenvalue weighted by molar-refractivity contribution is 0.102. The minimum absolute atomic E-state index is 0.175. The zero-order valence-electron chi connectivity index (χ0n) is 15.7. The zero-order chi connectivity index (χ0) is 20.2. The maximum atomic E-state index is 13.3. The van der Waals surface area contributed by atoms with Gasteiger partial charge < -0.3 is 15.5 Å². The van der Waals surface area contributed by atoms with Crippen molar-refractivity contribution in [3.63, 3.8) is 0 Å². The largest absolute Gasteiger partial charge is 0.372 e. The van der Waals surface area contributed by atoms with Crippen molar-refractivity contribution >= 4 is 28.8 Å². The summed E-state index contributed by atoms with van der Waals surface area (Å²) in [6, 6.07) is 14.7. The van der Waals surface area contributed by atoms with Crippen LogP contribution in [0.4, 0.5) is 31.7 Å². The summed E-state index contributed by atoms with van der Waals surface area (Å²) < 4.78 is 26.2. The molecule has 0 atom stereocenters. The third-order valence-electron chi connectivity index (χ3n) is 4.81. The van der Waals surface area contributed by atoms with Crippen LogP contribution >= 0.6 is 0 Å². The molecule has 1 saturated heterocycles. The number of anilines is 4. The molecule has 0 aliphatic carbocycles. The summed E-state index contributed by atoms with van der Waals surface area (Å²) >= 11 is 0. The number of rotatable bonds is 5. The molecule has 0 bridgehead atoms. The van der Waals surface area contributed by atoms with Crippen LogP contribution in [0, 0.1) is 11.6 Å². The van der Waals surface area contributed by atoms with Crippen molar-refractivity contribution in [3.8, 4) is 0 Å². The number of pyridine rings is 1. The van der Waals surface area contributed by atoms with Crippen LogP contribution in [0.5, 0.6) is 0 Å². The number of carbonyl (C=O) groups is 1. The number of nitrogens with one attached hydrogen (secondary N) is 2. The third kappa shape index (κ3) is 4.51. The quantitative estimate of drug-likeness (QED) is 0.643. The first-order chi connectivity index (χ1) is 14.1. The van der Waals surface area contributed by atoms with Gasteiger partial charge in [0.15, 0.2) is 11.6 Å². The average Bonchev–Trinajstić information content (AvgIpc) is 3.27. The Labute approximate surface area is 167 Å². The van der Waals surface area contributed by atoms with Crippen LogP contribution in [0.15, 0.2) is 60.8 Å². The minimum Gasteiger partial charge on any atom is -0.372 e. The van der Waals surface area contributed by atoms with Gasteiger partial charge in [0, 0.05) is 42.4 Å². The highest BCUT2D eigenvalue weighted by molar-refractivity contribution is 6.04. The molecule has 2 N–H and O–H groups in total. The molecule has 3 aromatic rings. The minimum atomic E-state index is -1.02. The lowest BCUT2D eigenvalue weighted by atomic mass is 10.2. The highest BCUT2D eigenvalue weighted by Gasteiger charge is 2.12. The van der Waals surface area contributed by atoms with Gasteiger partial charge in [-0.2, -0.15) is 0 Å². The zero-order valence-corrected chi connectivity index (χ0v) is 15.7. The van der Waals surface area contributed by atoms with Gasteiger partial charge in [-0.25, -0.2) is 13.8 Å². The summed E-state index contributed by atoms with van der Waals surface area (Å²) in [7, 11) is 0. The number of carbonyl (C=O) groups excluding carboxylic acids is 1. The van der Waals surface area contributed by atoms with E-state index in [-0.39, 0.29) is 5.69 Å². The normalized spacial score (nSPS) is 13.4. The second-order valence-electron chi connectivity index (χ2n) is 6.88. The SMILES string of the molecule is O=C(Nc1ccc(F)c(F)c1)c1ccc(Nc2ccc(N3CCCC3)cc2)nc1. The first kappa shape index (κ1) is 18.9. The fourth-order valence-corrected chi connectivity index (χ4v) is 3.26. The van der Waals surface area contributed by atoms with E-state index in [1.807, 2.05) is 12.1 Å². The first-order valence-electron chi connectivity index (χ1n) is 9.43. The Bertz CT molecular complexity index is 1000. The number of aromatic nitrogens is 1. The van der Waals surface area contributed by atoms with Crippen molar-refractivity contribution in [3.05, 3.63) is 78.0 Å². The number of halogens is 2. The summed E-state index contributed by atoms with van der Waals surface area (Å²) in [5.41, 5.74) is 2.60. The predicted molar refractivity (Wildman–Crippen MR) is 110 cm³/mol. The second-order valence-corrected chi connectivity index (χ2v) is 6.88. The van der Waals surface area contributed by atoms with Crippen molar-refractivity contribution in [1.29, 1.82) is 0 Å². The van der Waals surface area contributed by atoms with Gasteiger partial charge in [0.1, 0.15) is 5.82 Å². The molecular formula is C22H20F2N4O. The van der Waals surface area contributed by atoms with E-state index in [1.54, 1.807) is 12.1 Å². The Balaban J connectivity index is 1.38. The van der Waals surface area contributed by atoms with E-state index >= 15 is 0 Å². The molecule has 7 heteroatoms. The maximum Gasteiger partial charge on any atom is 0.257 e. The van der Waals surface area contributed by atoms with E-state index in [9.17, 15) is 13.6 Å². The molecule has 0 unspecified atom stereocenters. The van der Waals surface area contributed by atoms with Crippen molar-refractivity contribution in [2.75, 3.05) is 28.6 Å². The van der Waals surface area contributed by atoms with Crippen molar-refractivity contribution < 1.29 is 13.6 Å². The molecule has 148 valence electrons. The van der Waals surface area contributed by atoms with E-state index in [2.05, 4.69) is 32.7 Å². The second kappa shape index (κ2) is 8.26. The van der Waals surface area contributed by atoms with Gasteiger partial charge in [-0.05, 0) is 61.4 Å². The van der Waals surface area contributed by atoms with E-state index in [4.69, 9.17) is 0 Å². The number of hydrogen-bond acceptors (Lipinski definition) is 4. The molecular weight excluding hydrogens is 374 g/mol. The van der Waals surface area contributed by atoms with Gasteiger partial charge >= 0.3 is 0 Å². The molecule has 0 spiro atoms. The fourth-order valence-electron chi connectivity index (χ4n) is 3.26.